The Morgan fingerprint density at radius 3 is 1.33 bits per heavy atom. The van der Waals surface area contributed by atoms with E-state index in [9.17, 15) is 56.4 Å². The van der Waals surface area contributed by atoms with Gasteiger partial charge in [-0.2, -0.15) is 10.2 Å². The molecule has 2 aliphatic rings. The summed E-state index contributed by atoms with van der Waals surface area (Å²) in [5, 5.41) is 75.6. The number of ether oxygens (including phenoxy) is 4. The van der Waals surface area contributed by atoms with E-state index in [1.165, 1.54) is 59.6 Å². The fourth-order valence-corrected chi connectivity index (χ4v) is 10.6. The number of nitrogens with one attached hydrogen (secondary N) is 2. The lowest BCUT2D eigenvalue weighted by atomic mass is 9.91. The quantitative estimate of drug-likeness (QED) is 0.0299. The second kappa shape index (κ2) is 25.8. The normalized spacial score (nSPS) is 22.2. The number of aliphatic hydroxyl groups excluding tert-OH is 4. The molecule has 86 heavy (non-hydrogen) atoms. The van der Waals surface area contributed by atoms with E-state index in [2.05, 4.69) is 51.4 Å². The Balaban J connectivity index is 0.875. The lowest BCUT2D eigenvalue weighted by Crippen LogP contribution is -2.55. The molecule has 6 heterocycles. The number of alkyl carbamates (subject to hydrolysis) is 2. The minimum Gasteiger partial charge on any atom is -0.441 e. The minimum atomic E-state index is -1.75. The molecule has 2 aliphatic heterocycles. The van der Waals surface area contributed by atoms with E-state index in [0.29, 0.717) is 24.3 Å². The number of aromatic nitrogens is 12. The van der Waals surface area contributed by atoms with Crippen molar-refractivity contribution in [1.29, 1.82) is 0 Å². The zero-order chi connectivity index (χ0) is 61.4. The van der Waals surface area contributed by atoms with Crippen LogP contribution in [0.5, 0.6) is 0 Å². The third-order valence-corrected chi connectivity index (χ3v) is 14.9. The minimum absolute atomic E-state index is 0.0622. The Morgan fingerprint density at radius 2 is 0.965 bits per heavy atom. The Hall–Kier alpha value is -7.52. The van der Waals surface area contributed by atoms with Gasteiger partial charge in [-0.3, -0.25) is 0 Å². The number of rotatable bonds is 17. The number of halogens is 10. The Labute approximate surface area is 501 Å². The Morgan fingerprint density at radius 1 is 0.593 bits per heavy atom. The van der Waals surface area contributed by atoms with E-state index in [1.807, 2.05) is 0 Å². The number of amides is 2. The molecule has 0 aliphatic carbocycles. The third-order valence-electron chi connectivity index (χ3n) is 13.8. The number of hydrogen-bond donors (Lipinski definition) is 6. The highest BCUT2D eigenvalue weighted by atomic mass is 35.5. The summed E-state index contributed by atoms with van der Waals surface area (Å²) in [7, 11) is 0. The van der Waals surface area contributed by atoms with E-state index in [-0.39, 0.29) is 103 Å². The third kappa shape index (κ3) is 12.7. The number of hydrogen-bond acceptors (Lipinski definition) is 18. The van der Waals surface area contributed by atoms with Crippen LogP contribution in [0, 0.1) is 48.8 Å². The van der Waals surface area contributed by atoms with Crippen LogP contribution in [-0.2, 0) is 18.9 Å². The van der Waals surface area contributed by atoms with E-state index >= 15 is 0 Å². The average molecular weight is 1280 g/mol. The number of carbonyl (C=O) groups is 2. The molecule has 2 fully saturated rings. The maximum Gasteiger partial charge on any atom is 0.407 e. The Bertz CT molecular complexity index is 3540. The predicted molar refractivity (Wildman–Crippen MR) is 288 cm³/mol. The van der Waals surface area contributed by atoms with Crippen LogP contribution in [0.3, 0.4) is 0 Å². The SMILES string of the molecule is Cc1nc(C2OC(CO)C(O)C(n3cc(-c4cc(F)c(F)c(F)c4)nn3)C2OC(=O)NCCCCNC(=O)OC2C(c3nc(C)nn3-c3cc(Cl)ccc3Cl)OC(CO)C(O)C2n2cc(-c3cc(F)c(F)c(F)c3)nn2)n(-c2cc(Cl)ccc2Cl)n1. The predicted octanol–water partition coefficient (Wildman–Crippen LogP) is 7.17. The number of nitrogens with zero attached hydrogens (tertiary/aromatic N) is 12. The topological polar surface area (TPSA) is 299 Å². The van der Waals surface area contributed by atoms with Gasteiger partial charge in [-0.15, -0.1) is 10.2 Å². The van der Waals surface area contributed by atoms with Crippen LogP contribution < -0.4 is 10.6 Å². The highest BCUT2D eigenvalue weighted by Gasteiger charge is 2.53. The summed E-state index contributed by atoms with van der Waals surface area (Å²) in [5.41, 5.74) is -0.497. The van der Waals surface area contributed by atoms with Gasteiger partial charge >= 0.3 is 12.2 Å². The molecule has 6 N–H and O–H groups in total. The van der Waals surface area contributed by atoms with Crippen molar-refractivity contribution in [2.75, 3.05) is 26.3 Å². The molecule has 2 amide bonds. The first kappa shape index (κ1) is 61.6. The van der Waals surface area contributed by atoms with Gasteiger partial charge in [0.05, 0.1) is 47.0 Å². The number of benzene rings is 4. The van der Waals surface area contributed by atoms with Crippen molar-refractivity contribution in [3.05, 3.63) is 151 Å². The van der Waals surface area contributed by atoms with Crippen LogP contribution in [0.25, 0.3) is 33.9 Å². The maximum absolute atomic E-state index is 14.4. The molecule has 4 aromatic carbocycles. The zero-order valence-electron chi connectivity index (χ0n) is 44.3. The molecule has 10 unspecified atom stereocenters. The number of unbranched alkanes of at least 4 members (excludes halogenated alkanes) is 1. The first-order chi connectivity index (χ1) is 41.1. The van der Waals surface area contributed by atoms with Gasteiger partial charge in [0.25, 0.3) is 0 Å². The van der Waals surface area contributed by atoms with Crippen LogP contribution >= 0.6 is 46.4 Å². The molecule has 454 valence electrons. The molecule has 0 saturated carbocycles. The second-order valence-corrected chi connectivity index (χ2v) is 21.2. The van der Waals surface area contributed by atoms with Gasteiger partial charge in [0, 0.05) is 34.3 Å². The molecule has 10 rings (SSSR count). The lowest BCUT2D eigenvalue weighted by molar-refractivity contribution is -0.210. The maximum atomic E-state index is 14.4. The van der Waals surface area contributed by atoms with Gasteiger partial charge in [-0.1, -0.05) is 56.8 Å². The van der Waals surface area contributed by atoms with Gasteiger partial charge in [-0.25, -0.2) is 64.6 Å². The molecule has 34 heteroatoms. The van der Waals surface area contributed by atoms with Crippen molar-refractivity contribution in [1.82, 2.24) is 70.2 Å². The molecule has 24 nitrogen and oxygen atoms in total. The lowest BCUT2D eigenvalue weighted by Gasteiger charge is -2.43. The summed E-state index contributed by atoms with van der Waals surface area (Å²) in [6.45, 7) is 1.18. The van der Waals surface area contributed by atoms with Crippen LogP contribution in [0.2, 0.25) is 20.1 Å². The van der Waals surface area contributed by atoms with E-state index in [1.54, 1.807) is 0 Å². The summed E-state index contributed by atoms with van der Waals surface area (Å²) in [5.74, 6) is -9.38. The first-order valence-electron chi connectivity index (χ1n) is 25.8. The van der Waals surface area contributed by atoms with Gasteiger partial charge < -0.3 is 50.0 Å². The summed E-state index contributed by atoms with van der Waals surface area (Å²) in [6, 6.07) is 8.60. The van der Waals surface area contributed by atoms with Crippen LogP contribution in [0.1, 0.15) is 60.4 Å². The van der Waals surface area contributed by atoms with E-state index in [0.717, 1.165) is 21.8 Å². The molecule has 8 aromatic rings. The highest BCUT2D eigenvalue weighted by molar-refractivity contribution is 6.35. The van der Waals surface area contributed by atoms with Crippen molar-refractivity contribution in [3.8, 4) is 33.9 Å². The number of aliphatic hydroxyl groups is 4. The summed E-state index contributed by atoms with van der Waals surface area (Å²) in [6.07, 6.45) is -12.4. The summed E-state index contributed by atoms with van der Waals surface area (Å²) in [4.78, 5) is 36.9. The molecule has 4 aromatic heterocycles. The van der Waals surface area contributed by atoms with Gasteiger partial charge in [-0.05, 0) is 87.4 Å². The molecular weight excluding hydrogens is 1240 g/mol. The van der Waals surface area contributed by atoms with Gasteiger partial charge in [0.1, 0.15) is 59.5 Å². The molecule has 10 atom stereocenters. The first-order valence-corrected chi connectivity index (χ1v) is 27.3. The monoisotopic (exact) mass is 1280 g/mol. The molecule has 0 spiro atoms. The highest BCUT2D eigenvalue weighted by Crippen LogP contribution is 2.44. The van der Waals surface area contributed by atoms with Crippen LogP contribution in [-0.4, -0.2) is 155 Å². The summed E-state index contributed by atoms with van der Waals surface area (Å²) < 4.78 is 114. The zero-order valence-corrected chi connectivity index (χ0v) is 47.4. The molecule has 0 radical (unpaired) electrons. The fraction of sp³-hybridized carbons (Fsp3) is 0.346. The van der Waals surface area contributed by atoms with Crippen molar-refractivity contribution in [3.63, 3.8) is 0 Å². The summed E-state index contributed by atoms with van der Waals surface area (Å²) >= 11 is 25.9. The van der Waals surface area contributed by atoms with Crippen LogP contribution in [0.15, 0.2) is 73.1 Å². The van der Waals surface area contributed by atoms with Crippen molar-refractivity contribution < 1.29 is 75.3 Å². The fourth-order valence-electron chi connectivity index (χ4n) is 9.83. The number of aryl methyl sites for hydroxylation is 2. The van der Waals surface area contributed by atoms with E-state index < -0.39 is 121 Å². The molecule has 0 bridgehead atoms. The number of carbonyl (C=O) groups excluding carboxylic acids is 2. The van der Waals surface area contributed by atoms with Crippen LogP contribution in [0.4, 0.5) is 35.9 Å². The van der Waals surface area contributed by atoms with Gasteiger partial charge in [0.15, 0.2) is 71.0 Å². The van der Waals surface area contributed by atoms with Gasteiger partial charge in [0.2, 0.25) is 0 Å². The molecular formula is C52H46Cl4F6N14O10. The van der Waals surface area contributed by atoms with Crippen molar-refractivity contribution in [2.24, 2.45) is 0 Å². The van der Waals surface area contributed by atoms with Crippen molar-refractivity contribution in [2.45, 2.75) is 87.6 Å². The smallest absolute Gasteiger partial charge is 0.407 e. The molecule has 2 saturated heterocycles. The average Bonchev–Trinajstić information content (AvgIpc) is 1.51. The van der Waals surface area contributed by atoms with Crippen molar-refractivity contribution >= 4 is 58.6 Å². The Kier molecular flexibility index (Phi) is 18.5. The second-order valence-electron chi connectivity index (χ2n) is 19.5. The van der Waals surface area contributed by atoms with E-state index in [4.69, 9.17) is 65.4 Å². The largest absolute Gasteiger partial charge is 0.441 e. The standard InChI is InChI=1S/C52H46Cl4F6N14O10/c1-21-65-49(75(69-21)35-15-25(53)5-7-27(35)55)47-45(41(43(79)37(19-77)83-47)73-17-33(67-71-73)23-11-29(57)39(61)30(58)12-23)85-51(81)63-9-3-4-10-64-52(82)86-46-42(74-18-34(68-72-74)24-13-31(59)40(62)32(60)14-24)44(80)38(20-78)84-48(46)50-66-22(2)70-76(50)36-16-26(54)6-8-28(36)56/h5-8,11-18,37-38,41-48,77-80H,3-4,9-10,19-20H2,1-2H3,(H,63,81)(H,64,82).